The largest absolute Gasteiger partial charge is 0.237 e. The van der Waals surface area contributed by atoms with Gasteiger partial charge >= 0.3 is 0 Å². The van der Waals surface area contributed by atoms with E-state index in [1.54, 1.807) is 0 Å². The number of aromatic nitrogens is 2. The van der Waals surface area contributed by atoms with Crippen molar-refractivity contribution in [2.45, 2.75) is 11.9 Å². The highest BCUT2D eigenvalue weighted by Crippen LogP contribution is 2.24. The number of hydrogen-bond acceptors (Lipinski definition) is 3. The fraction of sp³-hybridized carbons (Fsp3) is 0.200. The van der Waals surface area contributed by atoms with Crippen LogP contribution in [0.25, 0.3) is 11.0 Å². The van der Waals surface area contributed by atoms with Crippen molar-refractivity contribution in [3.05, 3.63) is 28.9 Å². The summed E-state index contributed by atoms with van der Waals surface area (Å²) in [7, 11) is 0. The monoisotopic (exact) mass is 224 g/mol. The van der Waals surface area contributed by atoms with E-state index in [2.05, 4.69) is 9.97 Å². The lowest BCUT2D eigenvalue weighted by atomic mass is 10.2. The van der Waals surface area contributed by atoms with Gasteiger partial charge in [-0.3, -0.25) is 0 Å². The molecule has 0 saturated carbocycles. The summed E-state index contributed by atoms with van der Waals surface area (Å²) in [6.45, 7) is 2.04. The number of hydrogen-bond donors (Lipinski definition) is 0. The molecule has 0 aliphatic carbocycles. The van der Waals surface area contributed by atoms with Crippen molar-refractivity contribution < 1.29 is 0 Å². The number of halogens is 1. The van der Waals surface area contributed by atoms with E-state index in [4.69, 9.17) is 11.6 Å². The maximum atomic E-state index is 5.95. The third kappa shape index (κ3) is 1.70. The fourth-order valence-corrected chi connectivity index (χ4v) is 2.03. The Labute approximate surface area is 91.7 Å². The summed E-state index contributed by atoms with van der Waals surface area (Å²) in [6.07, 6.45) is 1.94. The zero-order valence-electron chi connectivity index (χ0n) is 7.91. The van der Waals surface area contributed by atoms with Gasteiger partial charge in [0.05, 0.1) is 11.0 Å². The molecule has 14 heavy (non-hydrogen) atoms. The van der Waals surface area contributed by atoms with Crippen molar-refractivity contribution in [1.82, 2.24) is 9.97 Å². The summed E-state index contributed by atoms with van der Waals surface area (Å²) in [6, 6.07) is 5.96. The van der Waals surface area contributed by atoms with Crippen LogP contribution in [0.5, 0.6) is 0 Å². The number of nitrogens with zero attached hydrogens (tertiary/aromatic N) is 2. The highest BCUT2D eigenvalue weighted by atomic mass is 35.5. The van der Waals surface area contributed by atoms with E-state index in [9.17, 15) is 0 Å². The van der Waals surface area contributed by atoms with Crippen LogP contribution in [0.4, 0.5) is 0 Å². The Hall–Kier alpha value is -0.800. The van der Waals surface area contributed by atoms with E-state index in [1.807, 2.05) is 31.4 Å². The molecule has 0 bridgehead atoms. The molecule has 0 fully saturated rings. The van der Waals surface area contributed by atoms with E-state index in [0.29, 0.717) is 5.15 Å². The highest BCUT2D eigenvalue weighted by molar-refractivity contribution is 7.98. The minimum Gasteiger partial charge on any atom is -0.237 e. The van der Waals surface area contributed by atoms with Gasteiger partial charge in [-0.1, -0.05) is 17.7 Å². The van der Waals surface area contributed by atoms with Crippen LogP contribution in [0.3, 0.4) is 0 Å². The summed E-state index contributed by atoms with van der Waals surface area (Å²) < 4.78 is 0. The first-order valence-electron chi connectivity index (χ1n) is 4.18. The standard InChI is InChI=1S/C10H9ClN2S/c1-6-3-4-7-8(5-6)13-10(14-2)9(11)12-7/h3-5H,1-2H3. The Morgan fingerprint density at radius 2 is 2.00 bits per heavy atom. The number of rotatable bonds is 1. The first kappa shape index (κ1) is 9.74. The van der Waals surface area contributed by atoms with Crippen LogP contribution >= 0.6 is 23.4 Å². The van der Waals surface area contributed by atoms with Gasteiger partial charge in [0.25, 0.3) is 0 Å². The molecule has 0 radical (unpaired) electrons. The molecule has 0 saturated heterocycles. The summed E-state index contributed by atoms with van der Waals surface area (Å²) in [5.41, 5.74) is 2.93. The van der Waals surface area contributed by atoms with Crippen LogP contribution in [0, 0.1) is 6.92 Å². The highest BCUT2D eigenvalue weighted by Gasteiger charge is 2.05. The number of thioether (sulfide) groups is 1. The molecule has 0 aliphatic rings. The molecule has 72 valence electrons. The van der Waals surface area contributed by atoms with Gasteiger partial charge in [-0.2, -0.15) is 0 Å². The van der Waals surface area contributed by atoms with E-state index < -0.39 is 0 Å². The van der Waals surface area contributed by atoms with Crippen molar-refractivity contribution in [2.75, 3.05) is 6.26 Å². The molecule has 1 aromatic carbocycles. The van der Waals surface area contributed by atoms with Crippen LogP contribution in [-0.4, -0.2) is 16.2 Å². The minimum atomic E-state index is 0.480. The maximum Gasteiger partial charge on any atom is 0.161 e. The molecule has 2 aromatic rings. The molecule has 0 spiro atoms. The first-order chi connectivity index (χ1) is 6.70. The molecule has 2 rings (SSSR count). The van der Waals surface area contributed by atoms with E-state index in [-0.39, 0.29) is 0 Å². The Kier molecular flexibility index (Phi) is 2.61. The van der Waals surface area contributed by atoms with Gasteiger partial charge in [-0.25, -0.2) is 9.97 Å². The predicted octanol–water partition coefficient (Wildman–Crippen LogP) is 3.31. The second kappa shape index (κ2) is 3.75. The van der Waals surface area contributed by atoms with Crippen LogP contribution in [-0.2, 0) is 0 Å². The molecule has 4 heteroatoms. The Bertz CT molecular complexity index is 485. The molecular formula is C10H9ClN2S. The van der Waals surface area contributed by atoms with Gasteiger partial charge in [0, 0.05) is 0 Å². The molecule has 0 amide bonds. The zero-order valence-corrected chi connectivity index (χ0v) is 9.49. The van der Waals surface area contributed by atoms with Crippen molar-refractivity contribution in [3.63, 3.8) is 0 Å². The van der Waals surface area contributed by atoms with Gasteiger partial charge < -0.3 is 0 Å². The number of benzene rings is 1. The van der Waals surface area contributed by atoms with Gasteiger partial charge in [-0.15, -0.1) is 11.8 Å². The van der Waals surface area contributed by atoms with Crippen LogP contribution < -0.4 is 0 Å². The van der Waals surface area contributed by atoms with Crippen molar-refractivity contribution in [3.8, 4) is 0 Å². The third-order valence-corrected chi connectivity index (χ3v) is 2.99. The van der Waals surface area contributed by atoms with Crippen molar-refractivity contribution >= 4 is 34.4 Å². The Balaban J connectivity index is 2.73. The molecule has 1 heterocycles. The zero-order chi connectivity index (χ0) is 10.1. The Morgan fingerprint density at radius 1 is 1.21 bits per heavy atom. The molecular weight excluding hydrogens is 216 g/mol. The van der Waals surface area contributed by atoms with Gasteiger partial charge in [0.1, 0.15) is 5.03 Å². The van der Waals surface area contributed by atoms with Crippen LogP contribution in [0.2, 0.25) is 5.15 Å². The average Bonchev–Trinajstić information content (AvgIpc) is 2.17. The van der Waals surface area contributed by atoms with Crippen LogP contribution in [0.15, 0.2) is 23.2 Å². The molecule has 0 aliphatic heterocycles. The quantitative estimate of drug-likeness (QED) is 0.695. The topological polar surface area (TPSA) is 25.8 Å². The predicted molar refractivity (Wildman–Crippen MR) is 61.1 cm³/mol. The smallest absolute Gasteiger partial charge is 0.161 e. The van der Waals surface area contributed by atoms with Gasteiger partial charge in [-0.05, 0) is 30.9 Å². The van der Waals surface area contributed by atoms with Crippen molar-refractivity contribution in [1.29, 1.82) is 0 Å². The fourth-order valence-electron chi connectivity index (χ4n) is 1.26. The summed E-state index contributed by atoms with van der Waals surface area (Å²) in [4.78, 5) is 8.69. The second-order valence-electron chi connectivity index (χ2n) is 3.02. The third-order valence-electron chi connectivity index (χ3n) is 1.94. The molecule has 0 N–H and O–H groups in total. The number of aryl methyl sites for hydroxylation is 1. The normalized spacial score (nSPS) is 10.8. The van der Waals surface area contributed by atoms with Gasteiger partial charge in [0.2, 0.25) is 0 Å². The van der Waals surface area contributed by atoms with E-state index >= 15 is 0 Å². The van der Waals surface area contributed by atoms with Crippen LogP contribution in [0.1, 0.15) is 5.56 Å². The SMILES string of the molecule is CSc1nc2cc(C)ccc2nc1Cl. The van der Waals surface area contributed by atoms with Gasteiger partial charge in [0.15, 0.2) is 5.15 Å². The lowest BCUT2D eigenvalue weighted by molar-refractivity contribution is 1.12. The first-order valence-corrected chi connectivity index (χ1v) is 5.79. The molecule has 0 unspecified atom stereocenters. The number of fused-ring (bicyclic) bond motifs is 1. The summed E-state index contributed by atoms with van der Waals surface area (Å²) >= 11 is 7.46. The molecule has 0 atom stereocenters. The second-order valence-corrected chi connectivity index (χ2v) is 4.17. The average molecular weight is 225 g/mol. The molecule has 2 nitrogen and oxygen atoms in total. The lowest BCUT2D eigenvalue weighted by Crippen LogP contribution is -1.89. The minimum absolute atomic E-state index is 0.480. The van der Waals surface area contributed by atoms with E-state index in [0.717, 1.165) is 16.1 Å². The summed E-state index contributed by atoms with van der Waals surface area (Å²) in [5.74, 6) is 0. The van der Waals surface area contributed by atoms with E-state index in [1.165, 1.54) is 17.3 Å². The Morgan fingerprint density at radius 3 is 2.71 bits per heavy atom. The molecule has 1 aromatic heterocycles. The lowest BCUT2D eigenvalue weighted by Gasteiger charge is -2.02. The van der Waals surface area contributed by atoms with Crippen molar-refractivity contribution in [2.24, 2.45) is 0 Å². The maximum absolute atomic E-state index is 5.95. The summed E-state index contributed by atoms with van der Waals surface area (Å²) in [5, 5.41) is 1.26.